The second-order valence-corrected chi connectivity index (χ2v) is 4.22. The SMILES string of the molecule is CCOC(=O)CCC(=O)CN1CCCNCC1. The van der Waals surface area contributed by atoms with Gasteiger partial charge in [-0.25, -0.2) is 0 Å². The van der Waals surface area contributed by atoms with Gasteiger partial charge in [0.2, 0.25) is 0 Å². The first kappa shape index (κ1) is 14.1. The van der Waals surface area contributed by atoms with E-state index in [1.165, 1.54) is 0 Å². The Morgan fingerprint density at radius 1 is 1.24 bits per heavy atom. The van der Waals surface area contributed by atoms with Gasteiger partial charge in [-0.3, -0.25) is 14.5 Å². The molecule has 5 heteroatoms. The molecule has 1 rings (SSSR count). The number of ether oxygens (including phenoxy) is 1. The van der Waals surface area contributed by atoms with Crippen LogP contribution in [0, 0.1) is 0 Å². The number of rotatable bonds is 6. The molecule has 98 valence electrons. The number of carbonyl (C=O) groups is 2. The molecule has 0 aromatic rings. The Morgan fingerprint density at radius 3 is 2.82 bits per heavy atom. The molecular weight excluding hydrogens is 220 g/mol. The molecule has 0 radical (unpaired) electrons. The summed E-state index contributed by atoms with van der Waals surface area (Å²) in [5, 5.41) is 3.29. The molecule has 1 aliphatic heterocycles. The molecule has 0 spiro atoms. The van der Waals surface area contributed by atoms with Crippen molar-refractivity contribution < 1.29 is 14.3 Å². The molecule has 1 fully saturated rings. The predicted octanol–water partition coefficient (Wildman–Crippen LogP) is 0.194. The summed E-state index contributed by atoms with van der Waals surface area (Å²) in [6, 6.07) is 0. The number of hydrogen-bond acceptors (Lipinski definition) is 5. The minimum absolute atomic E-state index is 0.125. The molecule has 0 saturated carbocycles. The van der Waals surface area contributed by atoms with Gasteiger partial charge < -0.3 is 10.1 Å². The summed E-state index contributed by atoms with van der Waals surface area (Å²) in [5.74, 6) is -0.154. The topological polar surface area (TPSA) is 58.6 Å². The lowest BCUT2D eigenvalue weighted by molar-refractivity contribution is -0.144. The number of carbonyl (C=O) groups excluding carboxylic acids is 2. The van der Waals surface area contributed by atoms with Crippen molar-refractivity contribution >= 4 is 11.8 Å². The molecular formula is C12H22N2O3. The maximum Gasteiger partial charge on any atom is 0.306 e. The Bertz CT molecular complexity index is 248. The van der Waals surface area contributed by atoms with Crippen LogP contribution in [0.4, 0.5) is 0 Å². The van der Waals surface area contributed by atoms with Crippen LogP contribution in [0.2, 0.25) is 0 Å². The molecule has 0 atom stereocenters. The van der Waals surface area contributed by atoms with Gasteiger partial charge in [0.05, 0.1) is 19.6 Å². The number of nitrogens with zero attached hydrogens (tertiary/aromatic N) is 1. The summed E-state index contributed by atoms with van der Waals surface area (Å²) in [6.45, 7) is 6.43. The summed E-state index contributed by atoms with van der Waals surface area (Å²) >= 11 is 0. The van der Waals surface area contributed by atoms with Crippen LogP contribution in [0.15, 0.2) is 0 Å². The Labute approximate surface area is 102 Å². The highest BCUT2D eigenvalue weighted by atomic mass is 16.5. The third-order valence-electron chi connectivity index (χ3n) is 2.75. The van der Waals surface area contributed by atoms with E-state index in [1.807, 2.05) is 0 Å². The quantitative estimate of drug-likeness (QED) is 0.674. The zero-order valence-corrected chi connectivity index (χ0v) is 10.5. The standard InChI is InChI=1S/C12H22N2O3/c1-2-17-12(16)5-4-11(15)10-14-8-3-6-13-7-9-14/h13H,2-10H2,1H3. The van der Waals surface area contributed by atoms with Crippen LogP contribution in [0.1, 0.15) is 26.2 Å². The molecule has 17 heavy (non-hydrogen) atoms. The second kappa shape index (κ2) is 8.20. The minimum atomic E-state index is -0.279. The van der Waals surface area contributed by atoms with Crippen molar-refractivity contribution in [1.29, 1.82) is 0 Å². The Kier molecular flexibility index (Phi) is 6.81. The summed E-state index contributed by atoms with van der Waals surface area (Å²) in [5.41, 5.74) is 0. The Morgan fingerprint density at radius 2 is 2.06 bits per heavy atom. The molecule has 0 aromatic carbocycles. The van der Waals surface area contributed by atoms with Gasteiger partial charge in [0.1, 0.15) is 5.78 Å². The first-order chi connectivity index (χ1) is 8.22. The zero-order chi connectivity index (χ0) is 12.5. The van der Waals surface area contributed by atoms with E-state index < -0.39 is 0 Å². The molecule has 1 saturated heterocycles. The van der Waals surface area contributed by atoms with Gasteiger partial charge in [-0.15, -0.1) is 0 Å². The lowest BCUT2D eigenvalue weighted by Crippen LogP contribution is -2.33. The van der Waals surface area contributed by atoms with E-state index in [1.54, 1.807) is 6.92 Å². The fourth-order valence-electron chi connectivity index (χ4n) is 1.86. The van der Waals surface area contributed by atoms with Crippen molar-refractivity contribution in [2.24, 2.45) is 0 Å². The van der Waals surface area contributed by atoms with Crippen LogP contribution in [0.25, 0.3) is 0 Å². The molecule has 0 bridgehead atoms. The highest BCUT2D eigenvalue weighted by Crippen LogP contribution is 2.00. The van der Waals surface area contributed by atoms with Crippen LogP contribution >= 0.6 is 0 Å². The Hall–Kier alpha value is -0.940. The average molecular weight is 242 g/mol. The average Bonchev–Trinajstić information content (AvgIpc) is 2.55. The van der Waals surface area contributed by atoms with Crippen molar-refractivity contribution in [3.63, 3.8) is 0 Å². The molecule has 1 heterocycles. The molecule has 1 N–H and O–H groups in total. The monoisotopic (exact) mass is 242 g/mol. The van der Waals surface area contributed by atoms with Crippen LogP contribution in [0.5, 0.6) is 0 Å². The third kappa shape index (κ3) is 6.38. The van der Waals surface area contributed by atoms with Crippen LogP contribution in [-0.4, -0.2) is 56.0 Å². The molecule has 0 aliphatic carbocycles. The first-order valence-electron chi connectivity index (χ1n) is 6.32. The van der Waals surface area contributed by atoms with Crippen molar-refractivity contribution in [2.45, 2.75) is 26.2 Å². The normalized spacial score (nSPS) is 17.5. The predicted molar refractivity (Wildman–Crippen MR) is 64.8 cm³/mol. The van der Waals surface area contributed by atoms with Gasteiger partial charge in [-0.05, 0) is 26.4 Å². The minimum Gasteiger partial charge on any atom is -0.466 e. The van der Waals surface area contributed by atoms with E-state index in [-0.39, 0.29) is 18.2 Å². The first-order valence-corrected chi connectivity index (χ1v) is 6.32. The summed E-state index contributed by atoms with van der Waals surface area (Å²) in [6.07, 6.45) is 1.58. The van der Waals surface area contributed by atoms with E-state index in [0.29, 0.717) is 19.6 Å². The molecule has 5 nitrogen and oxygen atoms in total. The number of Topliss-reactive ketones (excluding diaryl/α,β-unsaturated/α-hetero) is 1. The number of esters is 1. The van der Waals surface area contributed by atoms with Gasteiger partial charge in [0.25, 0.3) is 0 Å². The van der Waals surface area contributed by atoms with Crippen molar-refractivity contribution in [1.82, 2.24) is 10.2 Å². The highest BCUT2D eigenvalue weighted by Gasteiger charge is 2.13. The maximum absolute atomic E-state index is 11.7. The van der Waals surface area contributed by atoms with Gasteiger partial charge >= 0.3 is 5.97 Å². The highest BCUT2D eigenvalue weighted by molar-refractivity contribution is 5.84. The third-order valence-corrected chi connectivity index (χ3v) is 2.75. The lowest BCUT2D eigenvalue weighted by atomic mass is 10.2. The zero-order valence-electron chi connectivity index (χ0n) is 10.5. The maximum atomic E-state index is 11.7. The fraction of sp³-hybridized carbons (Fsp3) is 0.833. The lowest BCUT2D eigenvalue weighted by Gasteiger charge is -2.17. The second-order valence-electron chi connectivity index (χ2n) is 4.22. The molecule has 1 aliphatic rings. The number of nitrogens with one attached hydrogen (secondary N) is 1. The van der Waals surface area contributed by atoms with E-state index >= 15 is 0 Å². The van der Waals surface area contributed by atoms with E-state index in [4.69, 9.17) is 4.74 Å². The van der Waals surface area contributed by atoms with Gasteiger partial charge in [-0.2, -0.15) is 0 Å². The number of ketones is 1. The van der Waals surface area contributed by atoms with Crippen LogP contribution < -0.4 is 5.32 Å². The number of hydrogen-bond donors (Lipinski definition) is 1. The van der Waals surface area contributed by atoms with Crippen molar-refractivity contribution in [3.8, 4) is 0 Å². The van der Waals surface area contributed by atoms with Gasteiger partial charge in [-0.1, -0.05) is 0 Å². The van der Waals surface area contributed by atoms with Gasteiger partial charge in [0.15, 0.2) is 0 Å². The molecule has 0 amide bonds. The molecule has 0 aromatic heterocycles. The summed E-state index contributed by atoms with van der Waals surface area (Å²) in [7, 11) is 0. The summed E-state index contributed by atoms with van der Waals surface area (Å²) in [4.78, 5) is 24.9. The van der Waals surface area contributed by atoms with E-state index in [2.05, 4.69) is 10.2 Å². The van der Waals surface area contributed by atoms with Crippen molar-refractivity contribution in [2.75, 3.05) is 39.3 Å². The largest absolute Gasteiger partial charge is 0.466 e. The van der Waals surface area contributed by atoms with Crippen LogP contribution in [-0.2, 0) is 14.3 Å². The van der Waals surface area contributed by atoms with E-state index in [9.17, 15) is 9.59 Å². The Balaban J connectivity index is 2.17. The fourth-order valence-corrected chi connectivity index (χ4v) is 1.86. The summed E-state index contributed by atoms with van der Waals surface area (Å²) < 4.78 is 4.79. The smallest absolute Gasteiger partial charge is 0.306 e. The molecule has 0 unspecified atom stereocenters. The van der Waals surface area contributed by atoms with Crippen LogP contribution in [0.3, 0.4) is 0 Å². The van der Waals surface area contributed by atoms with E-state index in [0.717, 1.165) is 32.6 Å². The van der Waals surface area contributed by atoms with Crippen molar-refractivity contribution in [3.05, 3.63) is 0 Å². The van der Waals surface area contributed by atoms with Gasteiger partial charge in [0, 0.05) is 19.5 Å².